The van der Waals surface area contributed by atoms with E-state index in [0.717, 1.165) is 11.1 Å². The molecular formula is C24H21NO4S. The second kappa shape index (κ2) is 7.80. The zero-order valence-corrected chi connectivity index (χ0v) is 17.5. The van der Waals surface area contributed by atoms with E-state index in [2.05, 4.69) is 0 Å². The fourth-order valence-corrected chi connectivity index (χ4v) is 4.90. The molecule has 3 aromatic carbocycles. The molecule has 1 aliphatic rings. The first-order valence-corrected chi connectivity index (χ1v) is 10.9. The van der Waals surface area contributed by atoms with E-state index in [1.165, 1.54) is 11.4 Å². The molecule has 0 atom stereocenters. The number of Topliss-reactive ketones (excluding diaryl/α,β-unsaturated/α-hetero) is 1. The van der Waals surface area contributed by atoms with Crippen molar-refractivity contribution in [2.24, 2.45) is 0 Å². The van der Waals surface area contributed by atoms with Gasteiger partial charge in [-0.05, 0) is 48.9 Å². The largest absolute Gasteiger partial charge is 0.497 e. The highest BCUT2D eigenvalue weighted by atomic mass is 32.2. The SMILES string of the molecule is COc1ccc2c(c1)C(=O)/C(=C/c1ccccc1)CN2S(=O)(=O)c1ccc(C)cc1. The average molecular weight is 420 g/mol. The number of carbonyl (C=O) groups is 1. The van der Waals surface area contributed by atoms with Crippen molar-refractivity contribution in [3.63, 3.8) is 0 Å². The molecule has 5 nitrogen and oxygen atoms in total. The zero-order valence-electron chi connectivity index (χ0n) is 16.7. The van der Waals surface area contributed by atoms with E-state index in [0.29, 0.717) is 22.6 Å². The number of ether oxygens (including phenoxy) is 1. The van der Waals surface area contributed by atoms with Gasteiger partial charge >= 0.3 is 0 Å². The molecule has 30 heavy (non-hydrogen) atoms. The van der Waals surface area contributed by atoms with Crippen LogP contribution >= 0.6 is 0 Å². The van der Waals surface area contributed by atoms with Gasteiger partial charge in [0.25, 0.3) is 10.0 Å². The Morgan fingerprint density at radius 1 is 0.967 bits per heavy atom. The smallest absolute Gasteiger partial charge is 0.264 e. The lowest BCUT2D eigenvalue weighted by Crippen LogP contribution is -2.38. The van der Waals surface area contributed by atoms with Gasteiger partial charge in [-0.3, -0.25) is 9.10 Å². The van der Waals surface area contributed by atoms with Crippen LogP contribution in [0.4, 0.5) is 5.69 Å². The Labute approximate surface area is 176 Å². The van der Waals surface area contributed by atoms with Crippen molar-refractivity contribution < 1.29 is 17.9 Å². The summed E-state index contributed by atoms with van der Waals surface area (Å²) in [4.78, 5) is 13.4. The van der Waals surface area contributed by atoms with E-state index >= 15 is 0 Å². The van der Waals surface area contributed by atoms with Gasteiger partial charge in [0.05, 0.1) is 29.8 Å². The van der Waals surface area contributed by atoms with E-state index in [1.54, 1.807) is 48.5 Å². The molecule has 6 heteroatoms. The average Bonchev–Trinajstić information content (AvgIpc) is 2.76. The molecule has 0 saturated heterocycles. The second-order valence-corrected chi connectivity index (χ2v) is 8.98. The minimum Gasteiger partial charge on any atom is -0.497 e. The number of benzene rings is 3. The van der Waals surface area contributed by atoms with E-state index in [-0.39, 0.29) is 17.2 Å². The maximum absolute atomic E-state index is 13.5. The standard InChI is InChI=1S/C24H21NO4S/c1-17-8-11-21(12-9-17)30(27,28)25-16-19(14-18-6-4-3-5-7-18)24(26)22-15-20(29-2)10-13-23(22)25/h3-15H,16H2,1-2H3/b19-14+. The second-order valence-electron chi connectivity index (χ2n) is 7.12. The van der Waals surface area contributed by atoms with Crippen LogP contribution in [-0.4, -0.2) is 27.9 Å². The first-order chi connectivity index (χ1) is 14.4. The van der Waals surface area contributed by atoms with Crippen LogP contribution in [-0.2, 0) is 10.0 Å². The van der Waals surface area contributed by atoms with Crippen LogP contribution in [0.2, 0.25) is 0 Å². The van der Waals surface area contributed by atoms with Gasteiger partial charge in [-0.2, -0.15) is 0 Å². The van der Waals surface area contributed by atoms with Gasteiger partial charge in [-0.15, -0.1) is 0 Å². The molecule has 0 saturated carbocycles. The van der Waals surface area contributed by atoms with Crippen LogP contribution in [0.15, 0.2) is 83.3 Å². The van der Waals surface area contributed by atoms with Gasteiger partial charge < -0.3 is 4.74 Å². The Balaban J connectivity index is 1.87. The monoisotopic (exact) mass is 419 g/mol. The van der Waals surface area contributed by atoms with E-state index in [1.807, 2.05) is 37.3 Å². The number of hydrogen-bond acceptors (Lipinski definition) is 4. The number of aryl methyl sites for hydroxylation is 1. The summed E-state index contributed by atoms with van der Waals surface area (Å²) in [6, 6.07) is 21.0. The molecule has 0 spiro atoms. The number of sulfonamides is 1. The quantitative estimate of drug-likeness (QED) is 0.585. The van der Waals surface area contributed by atoms with Gasteiger partial charge in [0, 0.05) is 5.57 Å². The lowest BCUT2D eigenvalue weighted by molar-refractivity contribution is 0.103. The van der Waals surface area contributed by atoms with Crippen LogP contribution in [0.5, 0.6) is 5.75 Å². The highest BCUT2D eigenvalue weighted by Gasteiger charge is 2.35. The number of methoxy groups -OCH3 is 1. The molecular weight excluding hydrogens is 398 g/mol. The molecule has 0 fully saturated rings. The molecule has 152 valence electrons. The summed E-state index contributed by atoms with van der Waals surface area (Å²) in [5.41, 5.74) is 2.86. The van der Waals surface area contributed by atoms with Gasteiger partial charge in [-0.1, -0.05) is 48.0 Å². The van der Waals surface area contributed by atoms with Crippen molar-refractivity contribution >= 4 is 27.6 Å². The third-order valence-corrected chi connectivity index (χ3v) is 6.85. The fourth-order valence-electron chi connectivity index (χ4n) is 3.44. The number of anilines is 1. The molecule has 1 heterocycles. The van der Waals surface area contributed by atoms with E-state index in [4.69, 9.17) is 4.74 Å². The van der Waals surface area contributed by atoms with Crippen molar-refractivity contribution in [2.45, 2.75) is 11.8 Å². The summed E-state index contributed by atoms with van der Waals surface area (Å²) >= 11 is 0. The number of rotatable bonds is 4. The number of hydrogen-bond donors (Lipinski definition) is 0. The molecule has 4 rings (SSSR count). The molecule has 0 aromatic heterocycles. The van der Waals surface area contributed by atoms with Crippen LogP contribution in [0.25, 0.3) is 6.08 Å². The lowest BCUT2D eigenvalue weighted by Gasteiger charge is -2.31. The molecule has 0 radical (unpaired) electrons. The van der Waals surface area contributed by atoms with Gasteiger partial charge in [0.2, 0.25) is 0 Å². The van der Waals surface area contributed by atoms with Crippen LogP contribution < -0.4 is 9.04 Å². The highest BCUT2D eigenvalue weighted by Crippen LogP contribution is 2.36. The van der Waals surface area contributed by atoms with E-state index < -0.39 is 10.0 Å². The topological polar surface area (TPSA) is 63.7 Å². The van der Waals surface area contributed by atoms with Crippen LogP contribution in [0.1, 0.15) is 21.5 Å². The zero-order chi connectivity index (χ0) is 21.3. The summed E-state index contributed by atoms with van der Waals surface area (Å²) in [6.07, 6.45) is 1.74. The predicted octanol–water partition coefficient (Wildman–Crippen LogP) is 4.48. The van der Waals surface area contributed by atoms with Crippen molar-refractivity contribution in [1.82, 2.24) is 0 Å². The molecule has 0 bridgehead atoms. The normalized spacial score (nSPS) is 15.2. The third kappa shape index (κ3) is 3.62. The Kier molecular flexibility index (Phi) is 5.18. The Bertz CT molecular complexity index is 1230. The molecule has 3 aromatic rings. The van der Waals surface area contributed by atoms with Crippen molar-refractivity contribution in [1.29, 1.82) is 0 Å². The highest BCUT2D eigenvalue weighted by molar-refractivity contribution is 7.92. The molecule has 0 aliphatic carbocycles. The van der Waals surface area contributed by atoms with Crippen LogP contribution in [0, 0.1) is 6.92 Å². The van der Waals surface area contributed by atoms with Crippen molar-refractivity contribution in [2.75, 3.05) is 18.0 Å². The lowest BCUT2D eigenvalue weighted by atomic mass is 9.95. The van der Waals surface area contributed by atoms with E-state index in [9.17, 15) is 13.2 Å². The molecule has 1 aliphatic heterocycles. The number of fused-ring (bicyclic) bond motifs is 1. The molecule has 0 unspecified atom stereocenters. The maximum Gasteiger partial charge on any atom is 0.264 e. The van der Waals surface area contributed by atoms with Crippen LogP contribution in [0.3, 0.4) is 0 Å². The number of carbonyl (C=O) groups excluding carboxylic acids is 1. The number of ketones is 1. The first-order valence-electron chi connectivity index (χ1n) is 9.48. The Morgan fingerprint density at radius 3 is 2.33 bits per heavy atom. The van der Waals surface area contributed by atoms with Gasteiger partial charge in [0.15, 0.2) is 5.78 Å². The minimum atomic E-state index is -3.86. The van der Waals surface area contributed by atoms with Gasteiger partial charge in [-0.25, -0.2) is 8.42 Å². The summed E-state index contributed by atoms with van der Waals surface area (Å²) in [6.45, 7) is 1.86. The fraction of sp³-hybridized carbons (Fsp3) is 0.125. The first kappa shape index (κ1) is 19.9. The van der Waals surface area contributed by atoms with Crippen molar-refractivity contribution in [3.05, 3.63) is 95.1 Å². The Morgan fingerprint density at radius 2 is 1.67 bits per heavy atom. The van der Waals surface area contributed by atoms with Gasteiger partial charge in [0.1, 0.15) is 5.75 Å². The maximum atomic E-state index is 13.5. The third-order valence-electron chi connectivity index (χ3n) is 5.07. The molecule has 0 amide bonds. The number of nitrogens with zero attached hydrogens (tertiary/aromatic N) is 1. The molecule has 0 N–H and O–H groups in total. The predicted molar refractivity (Wildman–Crippen MR) is 117 cm³/mol. The Hall–Kier alpha value is -3.38. The van der Waals surface area contributed by atoms with Crippen molar-refractivity contribution in [3.8, 4) is 5.75 Å². The summed E-state index contributed by atoms with van der Waals surface area (Å²) < 4.78 is 33.5. The summed E-state index contributed by atoms with van der Waals surface area (Å²) in [5, 5.41) is 0. The summed E-state index contributed by atoms with van der Waals surface area (Å²) in [5.74, 6) is 0.291. The summed E-state index contributed by atoms with van der Waals surface area (Å²) in [7, 11) is -2.35. The minimum absolute atomic E-state index is 0.0384.